The first-order valence-electron chi connectivity index (χ1n) is 13.7. The summed E-state index contributed by atoms with van der Waals surface area (Å²) in [5.41, 5.74) is 5.97. The fourth-order valence-corrected chi connectivity index (χ4v) is 9.42. The number of hydrogen-bond acceptors (Lipinski definition) is 6. The van der Waals surface area contributed by atoms with Crippen LogP contribution >= 0.6 is 22.9 Å². The minimum absolute atomic E-state index is 0.0170. The van der Waals surface area contributed by atoms with Gasteiger partial charge in [0.2, 0.25) is 10.0 Å². The summed E-state index contributed by atoms with van der Waals surface area (Å²) in [4.78, 5) is 12.4. The van der Waals surface area contributed by atoms with Crippen LogP contribution in [-0.2, 0) is 40.4 Å². The highest BCUT2D eigenvalue weighted by atomic mass is 35.5. The number of sulfonamides is 1. The Morgan fingerprint density at radius 2 is 1.89 bits per heavy atom. The van der Waals surface area contributed by atoms with Crippen LogP contribution in [0.2, 0.25) is 4.34 Å². The number of hydrogen-bond donors (Lipinski definition) is 2. The molecule has 15 heteroatoms. The molecule has 2 N–H and O–H groups in total. The Kier molecular flexibility index (Phi) is 8.36. The molecule has 8 nitrogen and oxygen atoms in total. The van der Waals surface area contributed by atoms with E-state index in [0.717, 1.165) is 27.8 Å². The Hall–Kier alpha value is -3.07. The number of halogens is 5. The summed E-state index contributed by atoms with van der Waals surface area (Å²) >= 11 is 7.61. The van der Waals surface area contributed by atoms with E-state index in [1.54, 1.807) is 19.1 Å². The maximum Gasteiger partial charge on any atom is 0.416 e. The Labute approximate surface area is 260 Å². The number of rotatable bonds is 5. The average molecular weight is 673 g/mol. The molecule has 2 aliphatic rings. The van der Waals surface area contributed by atoms with Crippen LogP contribution in [0.1, 0.15) is 59.4 Å². The van der Waals surface area contributed by atoms with E-state index in [9.17, 15) is 31.5 Å². The van der Waals surface area contributed by atoms with Crippen LogP contribution in [0.4, 0.5) is 23.2 Å². The van der Waals surface area contributed by atoms with Gasteiger partial charge in [-0.15, -0.1) is 11.3 Å². The topological polar surface area (TPSA) is 114 Å². The summed E-state index contributed by atoms with van der Waals surface area (Å²) in [5.74, 6) is -3.57. The van der Waals surface area contributed by atoms with E-state index in [1.807, 2.05) is 0 Å². The number of thiophene rings is 1. The van der Waals surface area contributed by atoms with Crippen LogP contribution in [-0.4, -0.2) is 36.9 Å². The Morgan fingerprint density at radius 1 is 1.18 bits per heavy atom. The fraction of sp³-hybridized carbons (Fsp3) is 0.414. The van der Waals surface area contributed by atoms with Gasteiger partial charge in [-0.05, 0) is 80.5 Å². The van der Waals surface area contributed by atoms with Crippen LogP contribution in [0.15, 0.2) is 46.5 Å². The van der Waals surface area contributed by atoms with Gasteiger partial charge in [-0.1, -0.05) is 29.0 Å². The molecule has 0 saturated carbocycles. The van der Waals surface area contributed by atoms with Crippen molar-refractivity contribution in [1.82, 2.24) is 4.31 Å². The lowest BCUT2D eigenvalue weighted by Crippen LogP contribution is -2.35. The van der Waals surface area contributed by atoms with Crippen molar-refractivity contribution in [2.45, 2.75) is 57.1 Å². The largest absolute Gasteiger partial charge is 0.481 e. The molecule has 0 aliphatic carbocycles. The van der Waals surface area contributed by atoms with Gasteiger partial charge in [0, 0.05) is 36.0 Å². The van der Waals surface area contributed by atoms with Gasteiger partial charge < -0.3 is 5.11 Å². The monoisotopic (exact) mass is 672 g/mol. The van der Waals surface area contributed by atoms with E-state index < -0.39 is 55.7 Å². The minimum Gasteiger partial charge on any atom is -0.481 e. The molecule has 1 aromatic heterocycles. The summed E-state index contributed by atoms with van der Waals surface area (Å²) in [6.45, 7) is 4.41. The van der Waals surface area contributed by atoms with Crippen molar-refractivity contribution >= 4 is 44.6 Å². The Morgan fingerprint density at radius 3 is 2.50 bits per heavy atom. The lowest BCUT2D eigenvalue weighted by molar-refractivity contribution is -0.147. The van der Waals surface area contributed by atoms with Gasteiger partial charge >= 0.3 is 12.1 Å². The zero-order valence-corrected chi connectivity index (χ0v) is 26.3. The third-order valence-electron chi connectivity index (χ3n) is 8.41. The van der Waals surface area contributed by atoms with Gasteiger partial charge in [-0.3, -0.25) is 4.79 Å². The third kappa shape index (κ3) is 5.50. The van der Waals surface area contributed by atoms with Crippen LogP contribution < -0.4 is 5.01 Å². The number of carboxylic acid groups (broad SMARTS) is 1. The van der Waals surface area contributed by atoms with Crippen molar-refractivity contribution in [2.24, 2.45) is 16.6 Å². The summed E-state index contributed by atoms with van der Waals surface area (Å²) in [7, 11) is -4.49. The van der Waals surface area contributed by atoms with E-state index in [-0.39, 0.29) is 59.2 Å². The Bertz CT molecular complexity index is 1760. The van der Waals surface area contributed by atoms with Crippen molar-refractivity contribution in [3.63, 3.8) is 0 Å². The van der Waals surface area contributed by atoms with Gasteiger partial charge in [0.15, 0.2) is 0 Å². The zero-order chi connectivity index (χ0) is 32.4. The van der Waals surface area contributed by atoms with Crippen LogP contribution in [0.5, 0.6) is 0 Å². The average Bonchev–Trinajstić information content (AvgIpc) is 3.24. The summed E-state index contributed by atoms with van der Waals surface area (Å²) in [6.07, 6.45) is -4.82. The molecule has 2 aliphatic heterocycles. The highest BCUT2D eigenvalue weighted by Crippen LogP contribution is 2.49. The first kappa shape index (κ1) is 32.3. The van der Waals surface area contributed by atoms with E-state index in [4.69, 9.17) is 17.1 Å². The predicted molar refractivity (Wildman–Crippen MR) is 157 cm³/mol. The second-order valence-electron chi connectivity index (χ2n) is 11.6. The minimum atomic E-state index is -4.78. The molecule has 0 saturated heterocycles. The normalized spacial score (nSPS) is 21.3. The van der Waals surface area contributed by atoms with E-state index in [1.165, 1.54) is 24.9 Å². The fourth-order valence-electron chi connectivity index (χ4n) is 6.09. The number of benzene rings is 2. The molecule has 44 heavy (non-hydrogen) atoms. The second-order valence-corrected chi connectivity index (χ2v) is 15.2. The quantitative estimate of drug-likeness (QED) is 0.166. The second kappa shape index (κ2) is 11.4. The molecular formula is C29H29ClF4N4O4S2. The summed E-state index contributed by atoms with van der Waals surface area (Å²) in [6, 6.07) is 7.22. The number of alkyl halides is 3. The van der Waals surface area contributed by atoms with E-state index >= 15 is 4.39 Å². The molecule has 3 aromatic rings. The van der Waals surface area contributed by atoms with Crippen molar-refractivity contribution in [2.75, 3.05) is 18.1 Å². The molecular weight excluding hydrogens is 644 g/mol. The maximum atomic E-state index is 16.9. The molecule has 0 amide bonds. The standard InChI is InChI=1S/C29H29ClF4N4O4S2/c1-4-38(36-35)21-8-7-19-24(28(2,3)27(39)40)22-11-17(26(30)43-22)14-37-13-15(10-20(21)25(19)31)9-16-5-6-18(29(32,33)34)12-23(16)44(37,41)42/h5-8,11-12,15,24,35H,4,9-10,13-14H2,1-3H3,(H,39,40)/t15-,24-/m1/s1. The number of anilines is 1. The zero-order valence-electron chi connectivity index (χ0n) is 23.9. The molecule has 3 atom stereocenters. The van der Waals surface area contributed by atoms with Crippen LogP contribution in [0, 0.1) is 22.7 Å². The predicted octanol–water partition coefficient (Wildman–Crippen LogP) is 7.49. The van der Waals surface area contributed by atoms with Gasteiger partial charge in [-0.2, -0.15) is 23.0 Å². The first-order valence-corrected chi connectivity index (χ1v) is 16.3. The van der Waals surface area contributed by atoms with Crippen LogP contribution in [0.25, 0.3) is 0 Å². The number of carboxylic acids is 1. The number of aliphatic carboxylic acids is 1. The molecule has 3 heterocycles. The first-order chi connectivity index (χ1) is 20.5. The van der Waals surface area contributed by atoms with Crippen molar-refractivity contribution in [3.05, 3.63) is 79.2 Å². The van der Waals surface area contributed by atoms with E-state index in [0.29, 0.717) is 16.5 Å². The highest BCUT2D eigenvalue weighted by molar-refractivity contribution is 7.89. The summed E-state index contributed by atoms with van der Waals surface area (Å²) in [5, 5.41) is 15.0. The summed E-state index contributed by atoms with van der Waals surface area (Å²) < 4.78 is 87.1. The molecule has 0 spiro atoms. The highest BCUT2D eigenvalue weighted by Gasteiger charge is 2.44. The SMILES string of the molecule is CCN(N=N)c1ccc2c(F)c1C[C@H]1Cc3ccc(C(F)(F)F)cc3S(=O)(=O)N(Cc3cc(sc3Cl)[C@@H]2C(C)(C)C(=O)O)C1. The van der Waals surface area contributed by atoms with Gasteiger partial charge in [0.05, 0.1) is 25.9 Å². The molecule has 1 unspecified atom stereocenters. The van der Waals surface area contributed by atoms with Crippen molar-refractivity contribution < 1.29 is 35.9 Å². The van der Waals surface area contributed by atoms with Crippen molar-refractivity contribution in [1.29, 1.82) is 5.53 Å². The third-order valence-corrected chi connectivity index (χ3v) is 11.8. The lowest BCUT2D eigenvalue weighted by atomic mass is 9.73. The maximum absolute atomic E-state index is 16.9. The van der Waals surface area contributed by atoms with Gasteiger partial charge in [0.1, 0.15) is 5.82 Å². The number of carbonyl (C=O) groups is 1. The van der Waals surface area contributed by atoms with Crippen LogP contribution in [0.3, 0.4) is 0 Å². The molecule has 236 valence electrons. The Balaban J connectivity index is 1.81. The van der Waals surface area contributed by atoms with E-state index in [2.05, 4.69) is 5.22 Å². The molecule has 5 rings (SSSR count). The molecule has 2 aromatic carbocycles. The molecule has 6 bridgehead atoms. The van der Waals surface area contributed by atoms with Crippen molar-refractivity contribution in [3.8, 4) is 0 Å². The van der Waals surface area contributed by atoms with Gasteiger partial charge in [0.25, 0.3) is 0 Å². The number of fused-ring (bicyclic) bond motifs is 7. The lowest BCUT2D eigenvalue weighted by Gasteiger charge is -2.32. The number of nitrogens with one attached hydrogen (secondary N) is 1. The number of nitrogens with zero attached hydrogens (tertiary/aromatic N) is 3. The van der Waals surface area contributed by atoms with Gasteiger partial charge in [-0.25, -0.2) is 17.8 Å². The molecule has 0 radical (unpaired) electrons. The molecule has 0 fully saturated rings. The smallest absolute Gasteiger partial charge is 0.416 e.